The van der Waals surface area contributed by atoms with Crippen molar-refractivity contribution in [2.45, 2.75) is 12.5 Å². The molecule has 2 aromatic carbocycles. The lowest BCUT2D eigenvalue weighted by atomic mass is 9.85. The number of nitrogens with two attached hydrogens (primary N) is 1. The summed E-state index contributed by atoms with van der Waals surface area (Å²) in [5.74, 6) is 1.38. The van der Waals surface area contributed by atoms with E-state index in [1.807, 2.05) is 43.3 Å². The summed E-state index contributed by atoms with van der Waals surface area (Å²) in [7, 11) is 3.24. The molecule has 0 aliphatic heterocycles. The molecule has 0 spiro atoms. The van der Waals surface area contributed by atoms with Crippen molar-refractivity contribution in [3.05, 3.63) is 56.5 Å². The van der Waals surface area contributed by atoms with Gasteiger partial charge in [0.2, 0.25) is 0 Å². The fourth-order valence-corrected chi connectivity index (χ4v) is 3.70. The summed E-state index contributed by atoms with van der Waals surface area (Å²) in [4.78, 5) is 0. The van der Waals surface area contributed by atoms with Crippen LogP contribution in [-0.4, -0.2) is 14.2 Å². The molecule has 3 nitrogen and oxygen atoms in total. The van der Waals surface area contributed by atoms with Crippen LogP contribution in [0.4, 0.5) is 0 Å². The monoisotopic (exact) mass is 413 g/mol. The third-order valence-corrected chi connectivity index (χ3v) is 4.92. The van der Waals surface area contributed by atoms with Gasteiger partial charge in [0, 0.05) is 10.0 Å². The number of hydrogen-bond donors (Lipinski definition) is 1. The molecular weight excluding hydrogens is 398 g/mol. The van der Waals surface area contributed by atoms with E-state index in [4.69, 9.17) is 15.2 Å². The second kappa shape index (κ2) is 6.38. The summed E-state index contributed by atoms with van der Waals surface area (Å²) in [6, 6.07) is 11.7. The Balaban J connectivity index is 2.65. The number of methoxy groups -OCH3 is 2. The van der Waals surface area contributed by atoms with Gasteiger partial charge in [0.15, 0.2) is 0 Å². The van der Waals surface area contributed by atoms with Crippen molar-refractivity contribution in [2.24, 2.45) is 5.73 Å². The minimum atomic E-state index is -0.708. The average molecular weight is 415 g/mol. The van der Waals surface area contributed by atoms with Crippen LogP contribution in [0.2, 0.25) is 0 Å². The van der Waals surface area contributed by atoms with Crippen LogP contribution >= 0.6 is 31.9 Å². The van der Waals surface area contributed by atoms with E-state index in [0.29, 0.717) is 11.5 Å². The summed E-state index contributed by atoms with van der Waals surface area (Å²) in [5.41, 5.74) is 7.78. The molecular formula is C16H17Br2NO2. The zero-order valence-electron chi connectivity index (χ0n) is 12.1. The van der Waals surface area contributed by atoms with Gasteiger partial charge >= 0.3 is 0 Å². The predicted octanol–water partition coefficient (Wildman–Crippen LogP) is 4.45. The van der Waals surface area contributed by atoms with E-state index in [-0.39, 0.29) is 0 Å². The molecule has 0 aromatic heterocycles. The Kier molecular flexibility index (Phi) is 4.96. The molecule has 2 rings (SSSR count). The summed E-state index contributed by atoms with van der Waals surface area (Å²) in [6.07, 6.45) is 0. The Labute approximate surface area is 141 Å². The molecule has 0 saturated carbocycles. The van der Waals surface area contributed by atoms with Gasteiger partial charge in [-0.1, -0.05) is 34.1 Å². The number of benzene rings is 2. The highest BCUT2D eigenvalue weighted by molar-refractivity contribution is 9.11. The van der Waals surface area contributed by atoms with E-state index in [1.54, 1.807) is 14.2 Å². The molecule has 5 heteroatoms. The van der Waals surface area contributed by atoms with E-state index >= 15 is 0 Å². The van der Waals surface area contributed by atoms with Crippen LogP contribution in [0.3, 0.4) is 0 Å². The molecule has 0 saturated heterocycles. The third-order valence-electron chi connectivity index (χ3n) is 3.48. The normalized spacial score (nSPS) is 13.6. The Bertz CT molecular complexity index is 657. The molecule has 21 heavy (non-hydrogen) atoms. The maximum absolute atomic E-state index is 6.63. The second-order valence-corrected chi connectivity index (χ2v) is 6.49. The number of rotatable bonds is 4. The maximum Gasteiger partial charge on any atom is 0.142 e. The van der Waals surface area contributed by atoms with E-state index < -0.39 is 5.54 Å². The van der Waals surface area contributed by atoms with Crippen molar-refractivity contribution in [1.82, 2.24) is 0 Å². The highest BCUT2D eigenvalue weighted by Crippen LogP contribution is 2.43. The van der Waals surface area contributed by atoms with Gasteiger partial charge in [0.1, 0.15) is 16.0 Å². The van der Waals surface area contributed by atoms with Crippen LogP contribution in [0.5, 0.6) is 11.5 Å². The molecule has 112 valence electrons. The van der Waals surface area contributed by atoms with Gasteiger partial charge in [-0.15, -0.1) is 0 Å². The van der Waals surface area contributed by atoms with Crippen LogP contribution < -0.4 is 15.2 Å². The summed E-state index contributed by atoms with van der Waals surface area (Å²) >= 11 is 7.08. The van der Waals surface area contributed by atoms with Crippen LogP contribution in [0, 0.1) is 0 Å². The predicted molar refractivity (Wildman–Crippen MR) is 92.0 cm³/mol. The van der Waals surface area contributed by atoms with Crippen molar-refractivity contribution in [3.63, 3.8) is 0 Å². The molecule has 0 fully saturated rings. The molecule has 0 aliphatic carbocycles. The van der Waals surface area contributed by atoms with Crippen molar-refractivity contribution >= 4 is 31.9 Å². The van der Waals surface area contributed by atoms with Gasteiger partial charge in [0.05, 0.1) is 19.8 Å². The summed E-state index contributed by atoms with van der Waals surface area (Å²) in [5, 5.41) is 0. The summed E-state index contributed by atoms with van der Waals surface area (Å²) < 4.78 is 12.6. The maximum atomic E-state index is 6.63. The smallest absolute Gasteiger partial charge is 0.142 e. The minimum absolute atomic E-state index is 0.676. The van der Waals surface area contributed by atoms with Crippen LogP contribution in [-0.2, 0) is 5.54 Å². The van der Waals surface area contributed by atoms with Gasteiger partial charge in [0.25, 0.3) is 0 Å². The molecule has 0 radical (unpaired) electrons. The van der Waals surface area contributed by atoms with Gasteiger partial charge in [-0.25, -0.2) is 0 Å². The highest BCUT2D eigenvalue weighted by atomic mass is 79.9. The van der Waals surface area contributed by atoms with E-state index in [0.717, 1.165) is 20.1 Å². The van der Waals surface area contributed by atoms with Crippen molar-refractivity contribution in [1.29, 1.82) is 0 Å². The van der Waals surface area contributed by atoms with Gasteiger partial charge < -0.3 is 15.2 Å². The van der Waals surface area contributed by atoms with E-state index in [9.17, 15) is 0 Å². The van der Waals surface area contributed by atoms with E-state index in [1.165, 1.54) is 0 Å². The van der Waals surface area contributed by atoms with Crippen LogP contribution in [0.15, 0.2) is 45.3 Å². The molecule has 1 unspecified atom stereocenters. The number of hydrogen-bond acceptors (Lipinski definition) is 3. The molecule has 1 atom stereocenters. The minimum Gasteiger partial charge on any atom is -0.495 e. The van der Waals surface area contributed by atoms with Crippen molar-refractivity contribution in [2.75, 3.05) is 14.2 Å². The lowest BCUT2D eigenvalue weighted by Gasteiger charge is -2.29. The molecule has 0 heterocycles. The SMILES string of the molecule is COc1ccc(C(C)(N)c2ccccc2Br)c(OC)c1Br. The van der Waals surface area contributed by atoms with E-state index in [2.05, 4.69) is 31.9 Å². The first-order valence-electron chi connectivity index (χ1n) is 6.38. The Morgan fingerprint density at radius 2 is 1.62 bits per heavy atom. The molecule has 0 bridgehead atoms. The quantitative estimate of drug-likeness (QED) is 0.803. The van der Waals surface area contributed by atoms with Crippen LogP contribution in [0.25, 0.3) is 0 Å². The Morgan fingerprint density at radius 3 is 2.19 bits per heavy atom. The Morgan fingerprint density at radius 1 is 0.952 bits per heavy atom. The zero-order chi connectivity index (χ0) is 15.6. The highest BCUT2D eigenvalue weighted by Gasteiger charge is 2.30. The lowest BCUT2D eigenvalue weighted by Crippen LogP contribution is -2.35. The zero-order valence-corrected chi connectivity index (χ0v) is 15.3. The Hall–Kier alpha value is -1.04. The largest absolute Gasteiger partial charge is 0.495 e. The molecule has 2 aromatic rings. The topological polar surface area (TPSA) is 44.5 Å². The fraction of sp³-hybridized carbons (Fsp3) is 0.250. The van der Waals surface area contributed by atoms with Crippen LogP contribution in [0.1, 0.15) is 18.1 Å². The molecule has 0 aliphatic rings. The average Bonchev–Trinajstić information content (AvgIpc) is 2.47. The van der Waals surface area contributed by atoms with Crippen molar-refractivity contribution in [3.8, 4) is 11.5 Å². The van der Waals surface area contributed by atoms with Gasteiger partial charge in [-0.3, -0.25) is 0 Å². The number of halogens is 2. The third kappa shape index (κ3) is 2.96. The number of ether oxygens (including phenoxy) is 2. The summed E-state index contributed by atoms with van der Waals surface area (Å²) in [6.45, 7) is 1.96. The van der Waals surface area contributed by atoms with Gasteiger partial charge in [-0.2, -0.15) is 0 Å². The molecule has 0 amide bonds. The van der Waals surface area contributed by atoms with Crippen molar-refractivity contribution < 1.29 is 9.47 Å². The second-order valence-electron chi connectivity index (χ2n) is 4.84. The fourth-order valence-electron chi connectivity index (χ4n) is 2.33. The first-order chi connectivity index (χ1) is 9.93. The lowest BCUT2D eigenvalue weighted by molar-refractivity contribution is 0.379. The first kappa shape index (κ1) is 16.3. The first-order valence-corrected chi connectivity index (χ1v) is 7.97. The van der Waals surface area contributed by atoms with Gasteiger partial charge in [-0.05, 0) is 46.6 Å². The standard InChI is InChI=1S/C16H17Br2NO2/c1-16(19,10-6-4-5-7-12(10)17)11-8-9-13(20-2)14(18)15(11)21-3/h4-9H,19H2,1-3H3. The molecule has 2 N–H and O–H groups in total.